The molecule has 0 radical (unpaired) electrons. The lowest BCUT2D eigenvalue weighted by Crippen LogP contribution is -2.19. The van der Waals surface area contributed by atoms with Gasteiger partial charge in [0.1, 0.15) is 10.6 Å². The number of hydrogen-bond donors (Lipinski definition) is 1. The molecule has 23 heavy (non-hydrogen) atoms. The van der Waals surface area contributed by atoms with Crippen LogP contribution < -0.4 is 9.46 Å². The normalized spacial score (nSPS) is 12.0. The SMILES string of the molecule is COc1ccc(Cl)cc1S(=O)(=O)Nc1ccccc1C(C)(C)C. The highest BCUT2D eigenvalue weighted by molar-refractivity contribution is 7.92. The van der Waals surface area contributed by atoms with Gasteiger partial charge in [0.15, 0.2) is 0 Å². The molecule has 2 aromatic rings. The summed E-state index contributed by atoms with van der Waals surface area (Å²) in [5.41, 5.74) is 1.25. The molecule has 0 aliphatic rings. The molecule has 0 fully saturated rings. The summed E-state index contributed by atoms with van der Waals surface area (Å²) < 4.78 is 33.3. The summed E-state index contributed by atoms with van der Waals surface area (Å²) in [5.74, 6) is 0.245. The Morgan fingerprint density at radius 3 is 2.35 bits per heavy atom. The van der Waals surface area contributed by atoms with E-state index in [4.69, 9.17) is 16.3 Å². The van der Waals surface area contributed by atoms with Crippen molar-refractivity contribution in [3.8, 4) is 5.75 Å². The fourth-order valence-electron chi connectivity index (χ4n) is 2.29. The first-order valence-electron chi connectivity index (χ1n) is 7.11. The molecule has 0 heterocycles. The number of ether oxygens (including phenoxy) is 1. The Morgan fingerprint density at radius 2 is 1.74 bits per heavy atom. The van der Waals surface area contributed by atoms with Crippen LogP contribution in [0.4, 0.5) is 5.69 Å². The fraction of sp³-hybridized carbons (Fsp3) is 0.294. The third-order valence-electron chi connectivity index (χ3n) is 3.39. The summed E-state index contributed by atoms with van der Waals surface area (Å²) in [6.07, 6.45) is 0. The molecular weight excluding hydrogens is 334 g/mol. The maximum atomic E-state index is 12.8. The van der Waals surface area contributed by atoms with Gasteiger partial charge in [0.05, 0.1) is 12.8 Å². The van der Waals surface area contributed by atoms with Gasteiger partial charge in [-0.2, -0.15) is 0 Å². The van der Waals surface area contributed by atoms with Crippen LogP contribution in [-0.4, -0.2) is 15.5 Å². The minimum Gasteiger partial charge on any atom is -0.495 e. The van der Waals surface area contributed by atoms with Crippen LogP contribution in [0.15, 0.2) is 47.4 Å². The maximum absolute atomic E-state index is 12.8. The van der Waals surface area contributed by atoms with E-state index in [0.29, 0.717) is 10.7 Å². The molecule has 2 aromatic carbocycles. The Kier molecular flexibility index (Phi) is 4.92. The zero-order chi connectivity index (χ0) is 17.3. The quantitative estimate of drug-likeness (QED) is 0.883. The predicted octanol–water partition coefficient (Wildman–Crippen LogP) is 4.45. The minimum atomic E-state index is -3.82. The second-order valence-corrected chi connectivity index (χ2v) is 8.28. The van der Waals surface area contributed by atoms with E-state index in [-0.39, 0.29) is 16.1 Å². The molecule has 4 nitrogen and oxygen atoms in total. The number of halogens is 1. The van der Waals surface area contributed by atoms with Crippen LogP contribution in [-0.2, 0) is 15.4 Å². The van der Waals surface area contributed by atoms with Crippen molar-refractivity contribution in [2.45, 2.75) is 31.1 Å². The molecule has 0 aliphatic heterocycles. The van der Waals surface area contributed by atoms with Crippen LogP contribution in [0.25, 0.3) is 0 Å². The molecule has 0 spiro atoms. The van der Waals surface area contributed by atoms with E-state index in [1.807, 2.05) is 32.9 Å². The number of benzene rings is 2. The van der Waals surface area contributed by atoms with Gasteiger partial charge in [-0.3, -0.25) is 4.72 Å². The molecule has 0 atom stereocenters. The molecule has 6 heteroatoms. The summed E-state index contributed by atoms with van der Waals surface area (Å²) in [4.78, 5) is 0.0104. The average molecular weight is 354 g/mol. The number of nitrogens with one attached hydrogen (secondary N) is 1. The van der Waals surface area contributed by atoms with Gasteiger partial charge < -0.3 is 4.74 Å². The Labute approximate surface area is 142 Å². The largest absolute Gasteiger partial charge is 0.495 e. The van der Waals surface area contributed by atoms with Crippen LogP contribution in [0.1, 0.15) is 26.3 Å². The first kappa shape index (κ1) is 17.6. The van der Waals surface area contributed by atoms with Gasteiger partial charge in [0.25, 0.3) is 10.0 Å². The van der Waals surface area contributed by atoms with Gasteiger partial charge in [-0.05, 0) is 35.2 Å². The molecule has 0 unspecified atom stereocenters. The van der Waals surface area contributed by atoms with E-state index in [9.17, 15) is 8.42 Å². The molecule has 0 saturated carbocycles. The number of methoxy groups -OCH3 is 1. The molecule has 0 aliphatic carbocycles. The highest BCUT2D eigenvalue weighted by Gasteiger charge is 2.24. The van der Waals surface area contributed by atoms with Crippen LogP contribution in [0.2, 0.25) is 5.02 Å². The van der Waals surface area contributed by atoms with E-state index in [1.54, 1.807) is 18.2 Å². The summed E-state index contributed by atoms with van der Waals surface area (Å²) in [7, 11) is -2.40. The van der Waals surface area contributed by atoms with Crippen LogP contribution in [0.5, 0.6) is 5.75 Å². The first-order valence-corrected chi connectivity index (χ1v) is 8.97. The number of para-hydroxylation sites is 1. The van der Waals surface area contributed by atoms with Crippen molar-refractivity contribution in [3.63, 3.8) is 0 Å². The van der Waals surface area contributed by atoms with Crippen molar-refractivity contribution >= 4 is 27.3 Å². The number of anilines is 1. The smallest absolute Gasteiger partial charge is 0.265 e. The van der Waals surface area contributed by atoms with Crippen molar-refractivity contribution < 1.29 is 13.2 Å². The van der Waals surface area contributed by atoms with Gasteiger partial charge in [-0.25, -0.2) is 8.42 Å². The van der Waals surface area contributed by atoms with E-state index in [1.165, 1.54) is 19.2 Å². The van der Waals surface area contributed by atoms with E-state index in [0.717, 1.165) is 5.56 Å². The third-order valence-corrected chi connectivity index (χ3v) is 5.02. The summed E-state index contributed by atoms with van der Waals surface area (Å²) >= 11 is 5.94. The molecular formula is C17H20ClNO3S. The molecule has 2 rings (SSSR count). The Morgan fingerprint density at radius 1 is 1.09 bits per heavy atom. The van der Waals surface area contributed by atoms with E-state index >= 15 is 0 Å². The zero-order valence-electron chi connectivity index (χ0n) is 13.6. The van der Waals surface area contributed by atoms with Crippen LogP contribution in [0.3, 0.4) is 0 Å². The molecule has 0 aromatic heterocycles. The molecule has 1 N–H and O–H groups in total. The molecule has 124 valence electrons. The average Bonchev–Trinajstić information content (AvgIpc) is 2.46. The van der Waals surface area contributed by atoms with E-state index in [2.05, 4.69) is 4.72 Å². The van der Waals surface area contributed by atoms with Crippen molar-refractivity contribution in [3.05, 3.63) is 53.1 Å². The summed E-state index contributed by atoms with van der Waals surface area (Å²) in [5, 5.41) is 0.329. The van der Waals surface area contributed by atoms with Gasteiger partial charge in [0, 0.05) is 5.02 Å². The lowest BCUT2D eigenvalue weighted by molar-refractivity contribution is 0.403. The minimum absolute atomic E-state index is 0.0104. The lowest BCUT2D eigenvalue weighted by atomic mass is 9.86. The van der Waals surface area contributed by atoms with Crippen LogP contribution >= 0.6 is 11.6 Å². The van der Waals surface area contributed by atoms with Gasteiger partial charge in [-0.15, -0.1) is 0 Å². The Balaban J connectivity index is 2.51. The summed E-state index contributed by atoms with van der Waals surface area (Å²) in [6, 6.07) is 11.8. The highest BCUT2D eigenvalue weighted by atomic mass is 35.5. The fourth-order valence-corrected chi connectivity index (χ4v) is 3.80. The predicted molar refractivity (Wildman–Crippen MR) is 94.0 cm³/mol. The second-order valence-electron chi connectivity index (χ2n) is 6.20. The van der Waals surface area contributed by atoms with Gasteiger partial charge in [0.2, 0.25) is 0 Å². The molecule has 0 amide bonds. The molecule has 0 bridgehead atoms. The maximum Gasteiger partial charge on any atom is 0.265 e. The van der Waals surface area contributed by atoms with Crippen molar-refractivity contribution in [1.29, 1.82) is 0 Å². The van der Waals surface area contributed by atoms with Gasteiger partial charge >= 0.3 is 0 Å². The summed E-state index contributed by atoms with van der Waals surface area (Å²) in [6.45, 7) is 6.08. The van der Waals surface area contributed by atoms with Crippen molar-refractivity contribution in [2.75, 3.05) is 11.8 Å². The van der Waals surface area contributed by atoms with Gasteiger partial charge in [-0.1, -0.05) is 50.6 Å². The topological polar surface area (TPSA) is 55.4 Å². The highest BCUT2D eigenvalue weighted by Crippen LogP contribution is 2.33. The van der Waals surface area contributed by atoms with Crippen molar-refractivity contribution in [2.24, 2.45) is 0 Å². The third kappa shape index (κ3) is 3.98. The zero-order valence-corrected chi connectivity index (χ0v) is 15.1. The first-order chi connectivity index (χ1) is 10.6. The lowest BCUT2D eigenvalue weighted by Gasteiger charge is -2.23. The van der Waals surface area contributed by atoms with E-state index < -0.39 is 10.0 Å². The van der Waals surface area contributed by atoms with Crippen molar-refractivity contribution in [1.82, 2.24) is 0 Å². The second kappa shape index (κ2) is 6.42. The number of hydrogen-bond acceptors (Lipinski definition) is 3. The standard InChI is InChI=1S/C17H20ClNO3S/c1-17(2,3)13-7-5-6-8-14(13)19-23(20,21)16-11-12(18)9-10-15(16)22-4/h5-11,19H,1-4H3. The number of rotatable bonds is 4. The Hall–Kier alpha value is -1.72. The monoisotopic (exact) mass is 353 g/mol. The van der Waals surface area contributed by atoms with Crippen LogP contribution in [0, 0.1) is 0 Å². The number of sulfonamides is 1. The molecule has 0 saturated heterocycles. The Bertz CT molecular complexity index is 811.